The van der Waals surface area contributed by atoms with Gasteiger partial charge < -0.3 is 26.2 Å². The van der Waals surface area contributed by atoms with Crippen LogP contribution < -0.4 is 21.7 Å². The summed E-state index contributed by atoms with van der Waals surface area (Å²) < 4.78 is 57.5. The fourth-order valence-corrected chi connectivity index (χ4v) is 7.60. The van der Waals surface area contributed by atoms with Gasteiger partial charge in [-0.05, 0) is 55.3 Å². The highest BCUT2D eigenvalue weighted by molar-refractivity contribution is 7.86. The number of hydrogen-bond donors (Lipinski definition) is 5. The first kappa shape index (κ1) is 32.7. The maximum absolute atomic E-state index is 13.7. The molecule has 4 atom stereocenters. The zero-order valence-electron chi connectivity index (χ0n) is 24.8. The Morgan fingerprint density at radius 2 is 1.72 bits per heavy atom. The van der Waals surface area contributed by atoms with Crippen molar-refractivity contribution in [2.75, 3.05) is 21.7 Å². The van der Waals surface area contributed by atoms with Crippen LogP contribution in [0.25, 0.3) is 0 Å². The number of rotatable bonds is 8. The quantitative estimate of drug-likeness (QED) is 0.0993. The minimum absolute atomic E-state index is 0.0365. The Kier molecular flexibility index (Phi) is 8.88. The molecule has 1 fully saturated rings. The molecule has 1 saturated carbocycles. The molecule has 2 aromatic carbocycles. The molecular formula is C30H29ClN7O7S2-. The molecule has 4 unspecified atom stereocenters. The van der Waals surface area contributed by atoms with Crippen LogP contribution in [0.5, 0.6) is 0 Å². The summed E-state index contributed by atoms with van der Waals surface area (Å²) in [4.78, 5) is 39.2. The highest BCUT2D eigenvalue weighted by Crippen LogP contribution is 2.40. The largest absolute Gasteiger partial charge is 0.772 e. The zero-order valence-corrected chi connectivity index (χ0v) is 27.2. The number of nitrogen functional groups attached to an aromatic ring is 1. The van der Waals surface area contributed by atoms with E-state index in [2.05, 4.69) is 30.9 Å². The average Bonchev–Trinajstić information content (AvgIpc) is 3.01. The smallest absolute Gasteiger partial charge is 0.296 e. The normalized spacial score (nSPS) is 21.6. The van der Waals surface area contributed by atoms with Crippen molar-refractivity contribution >= 4 is 67.6 Å². The number of carbonyl (C=O) groups is 2. The lowest BCUT2D eigenvalue weighted by Gasteiger charge is -2.31. The highest BCUT2D eigenvalue weighted by Gasteiger charge is 2.36. The lowest BCUT2D eigenvalue weighted by molar-refractivity contribution is 0.0980. The molecule has 17 heteroatoms. The predicted molar refractivity (Wildman–Crippen MR) is 175 cm³/mol. The second-order valence-electron chi connectivity index (χ2n) is 11.6. The van der Waals surface area contributed by atoms with E-state index in [0.717, 1.165) is 18.9 Å². The molecule has 0 amide bonds. The summed E-state index contributed by atoms with van der Waals surface area (Å²) in [6.45, 7) is 1.94. The molecular weight excluding hydrogens is 670 g/mol. The van der Waals surface area contributed by atoms with Gasteiger partial charge in [0.15, 0.2) is 11.6 Å². The summed E-state index contributed by atoms with van der Waals surface area (Å²) in [5.41, 5.74) is 6.38. The Hall–Kier alpha value is -4.22. The first-order valence-electron chi connectivity index (χ1n) is 14.6. The van der Waals surface area contributed by atoms with Crippen LogP contribution in [0.3, 0.4) is 0 Å². The molecule has 0 aliphatic heterocycles. The van der Waals surface area contributed by atoms with Gasteiger partial charge in [0, 0.05) is 33.8 Å². The van der Waals surface area contributed by atoms with Gasteiger partial charge in [-0.1, -0.05) is 54.8 Å². The van der Waals surface area contributed by atoms with Gasteiger partial charge in [0.25, 0.3) is 10.1 Å². The maximum Gasteiger partial charge on any atom is 0.296 e. The van der Waals surface area contributed by atoms with E-state index < -0.39 is 48.6 Å². The molecule has 3 aromatic rings. The Morgan fingerprint density at radius 1 is 1.04 bits per heavy atom. The van der Waals surface area contributed by atoms with E-state index in [1.807, 2.05) is 13.0 Å². The minimum atomic E-state index is -4.88. The lowest BCUT2D eigenvalue weighted by atomic mass is 9.82. The average molecular weight is 699 g/mol. The van der Waals surface area contributed by atoms with Crippen LogP contribution in [0.2, 0.25) is 5.28 Å². The van der Waals surface area contributed by atoms with Crippen molar-refractivity contribution in [3.8, 4) is 0 Å². The van der Waals surface area contributed by atoms with Gasteiger partial charge in [-0.3, -0.25) is 18.4 Å². The van der Waals surface area contributed by atoms with Crippen molar-refractivity contribution in [1.82, 2.24) is 15.0 Å². The SMILES string of the molecule is CC1CC=C(Nc2cc(S(=O)(=O)O)c(N)c3c2C(=O)c2ccccc2C3=O)C=C1Nc1nc(Cl)nc(NC2CCCC(S(=O)[O-])C2)n1. The van der Waals surface area contributed by atoms with Crippen molar-refractivity contribution in [3.05, 3.63) is 81.4 Å². The van der Waals surface area contributed by atoms with E-state index in [1.165, 1.54) is 12.1 Å². The second-order valence-corrected chi connectivity index (χ2v) is 14.5. The lowest BCUT2D eigenvalue weighted by Crippen LogP contribution is -2.33. The van der Waals surface area contributed by atoms with Crippen LogP contribution in [0.1, 0.15) is 70.9 Å². The summed E-state index contributed by atoms with van der Waals surface area (Å²) in [5, 5.41) is 8.82. The van der Waals surface area contributed by atoms with Gasteiger partial charge in [-0.15, -0.1) is 0 Å². The number of aromatic nitrogens is 3. The number of nitrogens with two attached hydrogens (primary N) is 1. The Bertz CT molecular complexity index is 2020. The number of anilines is 4. The van der Waals surface area contributed by atoms with Gasteiger partial charge in [-0.2, -0.15) is 23.4 Å². The molecule has 0 radical (unpaired) electrons. The van der Waals surface area contributed by atoms with E-state index in [-0.39, 0.29) is 57.1 Å². The summed E-state index contributed by atoms with van der Waals surface area (Å²) in [7, 11) is -4.88. The van der Waals surface area contributed by atoms with Gasteiger partial charge in [-0.25, -0.2) is 0 Å². The van der Waals surface area contributed by atoms with Crippen LogP contribution in [0.15, 0.2) is 58.8 Å². The van der Waals surface area contributed by atoms with Crippen LogP contribution in [-0.4, -0.2) is 59.5 Å². The molecule has 0 spiro atoms. The first-order chi connectivity index (χ1) is 22.3. The number of halogens is 1. The van der Waals surface area contributed by atoms with Crippen molar-refractivity contribution < 1.29 is 31.3 Å². The number of allylic oxidation sites excluding steroid dienone is 3. The fourth-order valence-electron chi connectivity index (χ4n) is 6.04. The van der Waals surface area contributed by atoms with Crippen molar-refractivity contribution in [2.45, 2.75) is 55.2 Å². The van der Waals surface area contributed by atoms with E-state index in [0.29, 0.717) is 30.7 Å². The molecule has 1 aromatic heterocycles. The van der Waals surface area contributed by atoms with Gasteiger partial charge >= 0.3 is 0 Å². The molecule has 6 rings (SSSR count). The highest BCUT2D eigenvalue weighted by atomic mass is 35.5. The third-order valence-electron chi connectivity index (χ3n) is 8.39. The fraction of sp³-hybridized carbons (Fsp3) is 0.300. The Labute approximate surface area is 277 Å². The topological polar surface area (TPSA) is 229 Å². The number of hydrogen-bond acceptors (Lipinski definition) is 13. The minimum Gasteiger partial charge on any atom is -0.772 e. The maximum atomic E-state index is 13.7. The Morgan fingerprint density at radius 3 is 2.40 bits per heavy atom. The van der Waals surface area contributed by atoms with Crippen molar-refractivity contribution in [2.24, 2.45) is 5.92 Å². The predicted octanol–water partition coefficient (Wildman–Crippen LogP) is 4.06. The molecule has 14 nitrogen and oxygen atoms in total. The molecule has 0 saturated heterocycles. The number of carbonyl (C=O) groups excluding carboxylic acids is 2. The molecule has 1 heterocycles. The first-order valence-corrected chi connectivity index (χ1v) is 17.6. The standard InChI is InChI=1S/C30H30ClN7O7S2/c1-14-9-10-16(12-20(14)35-30-37-28(31)36-29(38-30)34-15-5-4-6-17(11-15)46(41)42)33-21-13-22(47(43,44)45)25(32)24-23(21)26(39)18-7-2-3-8-19(18)27(24)40/h2-3,7-8,10,12-15,17,33H,4-6,9,11,32H2,1H3,(H,41,42)(H,43,44,45)(H2,34,35,36,37,38)/p-1. The third kappa shape index (κ3) is 6.64. The van der Waals surface area contributed by atoms with Crippen LogP contribution in [0.4, 0.5) is 23.3 Å². The third-order valence-corrected chi connectivity index (χ3v) is 10.4. The van der Waals surface area contributed by atoms with E-state index >= 15 is 0 Å². The number of nitrogens with zero attached hydrogens (tertiary/aromatic N) is 3. The van der Waals surface area contributed by atoms with Crippen LogP contribution in [0, 0.1) is 5.92 Å². The monoisotopic (exact) mass is 698 g/mol. The van der Waals surface area contributed by atoms with Crippen LogP contribution >= 0.6 is 11.6 Å². The summed E-state index contributed by atoms with van der Waals surface area (Å²) in [6, 6.07) is 7.00. The summed E-state index contributed by atoms with van der Waals surface area (Å²) >= 11 is 4.03. The molecule has 246 valence electrons. The molecule has 47 heavy (non-hydrogen) atoms. The molecule has 0 bridgehead atoms. The van der Waals surface area contributed by atoms with E-state index in [4.69, 9.17) is 17.3 Å². The van der Waals surface area contributed by atoms with Crippen molar-refractivity contribution in [3.63, 3.8) is 0 Å². The zero-order chi connectivity index (χ0) is 33.6. The van der Waals surface area contributed by atoms with E-state index in [1.54, 1.807) is 18.2 Å². The number of ketones is 2. The second kappa shape index (κ2) is 12.8. The van der Waals surface area contributed by atoms with E-state index in [9.17, 15) is 31.3 Å². The number of fused-ring (bicyclic) bond motifs is 2. The number of benzene rings is 2. The van der Waals surface area contributed by atoms with Crippen LogP contribution in [-0.2, 0) is 21.2 Å². The van der Waals surface area contributed by atoms with Gasteiger partial charge in [0.2, 0.25) is 17.2 Å². The molecule has 3 aliphatic carbocycles. The number of nitrogens with one attached hydrogen (secondary N) is 3. The molecule has 3 aliphatic rings. The summed E-state index contributed by atoms with van der Waals surface area (Å²) in [5.74, 6) is -0.942. The Balaban J connectivity index is 1.30. The van der Waals surface area contributed by atoms with Crippen molar-refractivity contribution in [1.29, 1.82) is 0 Å². The van der Waals surface area contributed by atoms with Gasteiger partial charge in [0.1, 0.15) is 4.90 Å². The summed E-state index contributed by atoms with van der Waals surface area (Å²) in [6.07, 6.45) is 6.52. The van der Waals surface area contributed by atoms with Gasteiger partial charge in [0.05, 0.1) is 22.5 Å². The molecule has 6 N–H and O–H groups in total.